The maximum atomic E-state index is 13.2. The fraction of sp³-hybridized carbons (Fsp3) is 0.421. The number of aromatic nitrogens is 1. The molecule has 0 spiro atoms. The van der Waals surface area contributed by atoms with E-state index in [9.17, 15) is 24.6 Å². The Morgan fingerprint density at radius 1 is 1.31 bits per heavy atom. The van der Waals surface area contributed by atoms with Crippen molar-refractivity contribution in [1.29, 1.82) is 0 Å². The van der Waals surface area contributed by atoms with Crippen molar-refractivity contribution in [3.63, 3.8) is 0 Å². The first-order valence-corrected chi connectivity index (χ1v) is 10.0. The highest BCUT2D eigenvalue weighted by molar-refractivity contribution is 9.10. The smallest absolute Gasteiger partial charge is 0.408 e. The molecule has 4 rings (SSSR count). The molecule has 2 amide bonds. The van der Waals surface area contributed by atoms with Gasteiger partial charge in [0.15, 0.2) is 11.4 Å². The van der Waals surface area contributed by atoms with Crippen molar-refractivity contribution in [2.24, 2.45) is 0 Å². The summed E-state index contributed by atoms with van der Waals surface area (Å²) in [5, 5.41) is 23.0. The number of hydrogen-bond donors (Lipinski definition) is 3. The van der Waals surface area contributed by atoms with Crippen molar-refractivity contribution in [3.8, 4) is 5.75 Å². The van der Waals surface area contributed by atoms with Gasteiger partial charge < -0.3 is 24.8 Å². The third-order valence-corrected chi connectivity index (χ3v) is 6.23. The molecule has 0 radical (unpaired) electrons. The number of pyridine rings is 1. The van der Waals surface area contributed by atoms with Crippen molar-refractivity contribution in [3.05, 3.63) is 32.5 Å². The lowest BCUT2D eigenvalue weighted by atomic mass is 10.1. The van der Waals surface area contributed by atoms with Gasteiger partial charge in [0, 0.05) is 22.4 Å². The van der Waals surface area contributed by atoms with Crippen LogP contribution in [0.5, 0.6) is 5.75 Å². The number of aryl methyl sites for hydroxylation is 1. The van der Waals surface area contributed by atoms with Crippen LogP contribution in [0.3, 0.4) is 0 Å². The van der Waals surface area contributed by atoms with Gasteiger partial charge in [-0.15, -0.1) is 0 Å². The van der Waals surface area contributed by atoms with Gasteiger partial charge in [-0.25, -0.2) is 4.79 Å². The Morgan fingerprint density at radius 3 is 2.69 bits per heavy atom. The number of aromatic hydroxyl groups is 1. The van der Waals surface area contributed by atoms with Gasteiger partial charge in [-0.1, -0.05) is 15.9 Å². The molecule has 1 atom stereocenters. The summed E-state index contributed by atoms with van der Waals surface area (Å²) in [5.74, 6) is -1.04. The molecule has 29 heavy (non-hydrogen) atoms. The summed E-state index contributed by atoms with van der Waals surface area (Å²) in [7, 11) is 0. The first-order valence-electron chi connectivity index (χ1n) is 9.25. The number of halogens is 1. The van der Waals surface area contributed by atoms with Gasteiger partial charge in [-0.2, -0.15) is 0 Å². The van der Waals surface area contributed by atoms with Crippen LogP contribution in [0.2, 0.25) is 0 Å². The minimum atomic E-state index is -1.24. The highest BCUT2D eigenvalue weighted by atomic mass is 79.9. The molecule has 1 aliphatic heterocycles. The number of benzene rings is 1. The number of hydrogen-bond acceptors (Lipinski definition) is 5. The van der Waals surface area contributed by atoms with Crippen LogP contribution in [0, 0.1) is 6.92 Å². The molecule has 1 aliphatic carbocycles. The van der Waals surface area contributed by atoms with E-state index in [-0.39, 0.29) is 37.2 Å². The summed E-state index contributed by atoms with van der Waals surface area (Å²) in [4.78, 5) is 38.4. The Labute approximate surface area is 174 Å². The monoisotopic (exact) mass is 465 g/mol. The molecule has 154 valence electrons. The maximum absolute atomic E-state index is 13.2. The summed E-state index contributed by atoms with van der Waals surface area (Å²) in [5.41, 5.74) is 0.686. The largest absolute Gasteiger partial charge is 0.505 e. The van der Waals surface area contributed by atoms with Gasteiger partial charge in [-0.05, 0) is 37.5 Å². The highest BCUT2D eigenvalue weighted by Gasteiger charge is 2.35. The Balaban J connectivity index is 1.80. The quantitative estimate of drug-likeness (QED) is 0.639. The lowest BCUT2D eigenvalue weighted by molar-refractivity contribution is -0.125. The van der Waals surface area contributed by atoms with Gasteiger partial charge in [-0.3, -0.25) is 14.5 Å². The van der Waals surface area contributed by atoms with Crippen LogP contribution in [-0.2, 0) is 9.53 Å². The molecule has 1 aromatic carbocycles. The molecule has 1 saturated carbocycles. The van der Waals surface area contributed by atoms with Crippen LogP contribution in [0.4, 0.5) is 10.5 Å². The number of rotatable bonds is 3. The van der Waals surface area contributed by atoms with Crippen LogP contribution in [0.1, 0.15) is 24.4 Å². The van der Waals surface area contributed by atoms with Crippen molar-refractivity contribution in [2.45, 2.75) is 31.8 Å². The van der Waals surface area contributed by atoms with Crippen molar-refractivity contribution < 1.29 is 24.5 Å². The van der Waals surface area contributed by atoms with E-state index in [0.29, 0.717) is 10.9 Å². The Kier molecular flexibility index (Phi) is 4.99. The minimum absolute atomic E-state index is 0.00258. The molecule has 1 saturated heterocycles. The molecule has 9 nitrogen and oxygen atoms in total. The molecule has 2 aliphatic rings. The number of carbonyl (C=O) groups excluding carboxylic acids is 1. The molecule has 2 heterocycles. The molecule has 0 unspecified atom stereocenters. The van der Waals surface area contributed by atoms with Gasteiger partial charge >= 0.3 is 6.09 Å². The Morgan fingerprint density at radius 2 is 2.03 bits per heavy atom. The summed E-state index contributed by atoms with van der Waals surface area (Å²) in [6.07, 6.45) is 0.428. The number of carboxylic acid groups (broad SMARTS) is 1. The molecule has 1 aromatic heterocycles. The molecule has 2 aromatic rings. The van der Waals surface area contributed by atoms with Gasteiger partial charge in [0.2, 0.25) is 5.91 Å². The van der Waals surface area contributed by atoms with Crippen LogP contribution in [0.15, 0.2) is 21.4 Å². The predicted molar refractivity (Wildman–Crippen MR) is 109 cm³/mol. The second-order valence-electron chi connectivity index (χ2n) is 7.25. The second kappa shape index (κ2) is 7.34. The second-order valence-corrected chi connectivity index (χ2v) is 8.11. The van der Waals surface area contributed by atoms with Crippen molar-refractivity contribution in [1.82, 2.24) is 9.47 Å². The van der Waals surface area contributed by atoms with E-state index in [0.717, 1.165) is 27.8 Å². The molecule has 10 heteroatoms. The minimum Gasteiger partial charge on any atom is -0.505 e. The number of morpholine rings is 1. The zero-order valence-corrected chi connectivity index (χ0v) is 17.2. The van der Waals surface area contributed by atoms with E-state index < -0.39 is 23.6 Å². The van der Waals surface area contributed by atoms with E-state index in [1.807, 2.05) is 6.92 Å². The lowest BCUT2D eigenvalue weighted by Gasteiger charge is -2.32. The van der Waals surface area contributed by atoms with E-state index in [2.05, 4.69) is 21.2 Å². The molecule has 3 N–H and O–H groups in total. The molecular formula is C19H20BrN3O6. The summed E-state index contributed by atoms with van der Waals surface area (Å²) < 4.78 is 7.66. The van der Waals surface area contributed by atoms with Crippen LogP contribution in [0.25, 0.3) is 10.9 Å². The third kappa shape index (κ3) is 3.36. The van der Waals surface area contributed by atoms with Crippen LogP contribution in [-0.4, -0.2) is 57.5 Å². The Bertz CT molecular complexity index is 1080. The average molecular weight is 466 g/mol. The van der Waals surface area contributed by atoms with Crippen LogP contribution >= 0.6 is 15.9 Å². The SMILES string of the molecule is Cc1c(Br)ccc2c(O)c(NC(=O)[C@@H]3COCCN3C(=O)O)c(=O)n(C3CC3)c12. The topological polar surface area (TPSA) is 121 Å². The number of ether oxygens (including phenoxy) is 1. The lowest BCUT2D eigenvalue weighted by Crippen LogP contribution is -2.54. The summed E-state index contributed by atoms with van der Waals surface area (Å²) in [6.45, 7) is 1.98. The Hall–Kier alpha value is -2.59. The first kappa shape index (κ1) is 19.7. The number of anilines is 1. The van der Waals surface area contributed by atoms with Crippen molar-refractivity contribution >= 4 is 44.5 Å². The number of nitrogens with one attached hydrogen (secondary N) is 1. The zero-order valence-electron chi connectivity index (χ0n) is 15.6. The van der Waals surface area contributed by atoms with E-state index in [1.54, 1.807) is 16.7 Å². The molecule has 2 fully saturated rings. The molecule has 0 bridgehead atoms. The fourth-order valence-electron chi connectivity index (χ4n) is 3.69. The van der Waals surface area contributed by atoms with Gasteiger partial charge in [0.25, 0.3) is 5.56 Å². The number of carbonyl (C=O) groups is 2. The standard InChI is InChI=1S/C19H20BrN3O6/c1-9-12(20)5-4-11-15(9)23(10-2-3-10)18(26)14(16(11)24)21-17(25)13-8-29-7-6-22(13)19(27)28/h4-5,10,13,24H,2-3,6-8H2,1H3,(H,21,25)(H,27,28)/t13-/m0/s1. The number of amides is 2. The highest BCUT2D eigenvalue weighted by Crippen LogP contribution is 2.41. The third-order valence-electron chi connectivity index (χ3n) is 5.37. The van der Waals surface area contributed by atoms with E-state index in [1.165, 1.54) is 0 Å². The van der Waals surface area contributed by atoms with Crippen LogP contribution < -0.4 is 10.9 Å². The normalized spacial score (nSPS) is 19.4. The summed E-state index contributed by atoms with van der Waals surface area (Å²) >= 11 is 3.46. The summed E-state index contributed by atoms with van der Waals surface area (Å²) in [6, 6.07) is 2.36. The number of fused-ring (bicyclic) bond motifs is 1. The zero-order chi connectivity index (χ0) is 20.9. The predicted octanol–water partition coefficient (Wildman–Crippen LogP) is 2.43. The fourth-order valence-corrected chi connectivity index (χ4v) is 4.01. The van der Waals surface area contributed by atoms with Crippen molar-refractivity contribution in [2.75, 3.05) is 25.1 Å². The maximum Gasteiger partial charge on any atom is 0.408 e. The van der Waals surface area contributed by atoms with E-state index >= 15 is 0 Å². The molecular weight excluding hydrogens is 446 g/mol. The first-order chi connectivity index (χ1) is 13.8. The average Bonchev–Trinajstić information content (AvgIpc) is 3.53. The van der Waals surface area contributed by atoms with Gasteiger partial charge in [0.05, 0.1) is 18.7 Å². The van der Waals surface area contributed by atoms with E-state index in [4.69, 9.17) is 4.74 Å². The number of nitrogens with zero attached hydrogens (tertiary/aromatic N) is 2. The van der Waals surface area contributed by atoms with Gasteiger partial charge in [0.1, 0.15) is 6.04 Å².